The van der Waals surface area contributed by atoms with Crippen LogP contribution in [0.3, 0.4) is 0 Å². The molecule has 0 unspecified atom stereocenters. The van der Waals surface area contributed by atoms with Gasteiger partial charge >= 0.3 is 0 Å². The molecule has 7 nitrogen and oxygen atoms in total. The third-order valence-corrected chi connectivity index (χ3v) is 4.84. The largest absolute Gasteiger partial charge is 0.493 e. The zero-order valence-electron chi connectivity index (χ0n) is 15.0. The van der Waals surface area contributed by atoms with Crippen molar-refractivity contribution in [1.29, 1.82) is 0 Å². The van der Waals surface area contributed by atoms with Crippen molar-refractivity contribution in [2.24, 2.45) is 0 Å². The predicted octanol–water partition coefficient (Wildman–Crippen LogP) is 4.08. The molecule has 0 saturated heterocycles. The Morgan fingerprint density at radius 3 is 2.18 bits per heavy atom. The number of H-pyrrole nitrogens is 1. The molecule has 146 valence electrons. The number of hydrogen-bond donors (Lipinski definition) is 1. The Balaban J connectivity index is 2.28. The highest BCUT2D eigenvalue weighted by molar-refractivity contribution is 7.71. The number of fused-ring (bicyclic) bond motifs is 1. The number of aromatic nitrogens is 2. The van der Waals surface area contributed by atoms with Crippen LogP contribution in [-0.4, -0.2) is 36.8 Å². The van der Waals surface area contributed by atoms with Gasteiger partial charge in [-0.2, -0.15) is 0 Å². The van der Waals surface area contributed by atoms with E-state index in [1.54, 1.807) is 0 Å². The van der Waals surface area contributed by atoms with Gasteiger partial charge in [0.05, 0.1) is 37.3 Å². The summed E-state index contributed by atoms with van der Waals surface area (Å²) in [4.78, 5) is 28.9. The lowest BCUT2D eigenvalue weighted by atomic mass is 10.1. The smallest absolute Gasteiger partial charge is 0.269 e. The van der Waals surface area contributed by atoms with Crippen LogP contribution in [0.2, 0.25) is 10.0 Å². The molecule has 0 aliphatic rings. The molecule has 0 amide bonds. The van der Waals surface area contributed by atoms with Crippen LogP contribution in [0, 0.1) is 4.77 Å². The van der Waals surface area contributed by atoms with E-state index in [0.717, 1.165) is 4.57 Å². The summed E-state index contributed by atoms with van der Waals surface area (Å²) in [5, 5.41) is 0.608. The lowest BCUT2D eigenvalue weighted by molar-refractivity contribution is 0.0953. The summed E-state index contributed by atoms with van der Waals surface area (Å²) in [5.74, 6) is 0.166. The second kappa shape index (κ2) is 7.83. The first-order chi connectivity index (χ1) is 13.3. The fourth-order valence-corrected chi connectivity index (χ4v) is 3.57. The second-order valence-electron chi connectivity index (χ2n) is 5.60. The maximum Gasteiger partial charge on any atom is 0.269 e. The van der Waals surface area contributed by atoms with Gasteiger partial charge in [0.2, 0.25) is 5.75 Å². The molecule has 28 heavy (non-hydrogen) atoms. The number of carbonyl (C=O) groups is 1. The van der Waals surface area contributed by atoms with Crippen LogP contribution in [0.25, 0.3) is 10.9 Å². The van der Waals surface area contributed by atoms with E-state index in [1.807, 2.05) is 0 Å². The molecule has 0 spiro atoms. The molecule has 1 aromatic heterocycles. The molecule has 0 radical (unpaired) electrons. The van der Waals surface area contributed by atoms with Crippen molar-refractivity contribution in [3.63, 3.8) is 0 Å². The molecule has 1 N–H and O–H groups in total. The van der Waals surface area contributed by atoms with Crippen molar-refractivity contribution in [1.82, 2.24) is 9.55 Å². The van der Waals surface area contributed by atoms with Crippen molar-refractivity contribution in [2.45, 2.75) is 0 Å². The molecule has 2 aromatic carbocycles. The number of hydrogen-bond acceptors (Lipinski definition) is 6. The summed E-state index contributed by atoms with van der Waals surface area (Å²) in [7, 11) is 4.29. The Hall–Kier alpha value is -2.55. The van der Waals surface area contributed by atoms with E-state index in [-0.39, 0.29) is 37.3 Å². The van der Waals surface area contributed by atoms with E-state index in [4.69, 9.17) is 49.6 Å². The van der Waals surface area contributed by atoms with Crippen LogP contribution in [0.1, 0.15) is 10.4 Å². The van der Waals surface area contributed by atoms with Crippen LogP contribution >= 0.6 is 35.4 Å². The third-order valence-electron chi connectivity index (χ3n) is 4.04. The maximum atomic E-state index is 13.1. The van der Waals surface area contributed by atoms with Crippen molar-refractivity contribution >= 4 is 52.2 Å². The molecule has 3 rings (SSSR count). The quantitative estimate of drug-likeness (QED) is 0.615. The minimum absolute atomic E-state index is 0.111. The van der Waals surface area contributed by atoms with Gasteiger partial charge in [0.15, 0.2) is 16.3 Å². The van der Waals surface area contributed by atoms with Crippen molar-refractivity contribution in [3.8, 4) is 17.2 Å². The van der Waals surface area contributed by atoms with Crippen LogP contribution < -0.4 is 19.8 Å². The number of rotatable bonds is 4. The highest BCUT2D eigenvalue weighted by Gasteiger charge is 2.21. The average Bonchev–Trinajstić information content (AvgIpc) is 2.67. The number of aromatic amines is 1. The Kier molecular flexibility index (Phi) is 5.64. The maximum absolute atomic E-state index is 13.1. The normalized spacial score (nSPS) is 10.8. The topological polar surface area (TPSA) is 82.6 Å². The molecule has 10 heteroatoms. The summed E-state index contributed by atoms with van der Waals surface area (Å²) in [6.07, 6.45) is 0. The lowest BCUT2D eigenvalue weighted by Crippen LogP contribution is -2.29. The zero-order chi connectivity index (χ0) is 20.6. The Labute approximate surface area is 174 Å². The molecular weight excluding hydrogens is 427 g/mol. The van der Waals surface area contributed by atoms with Crippen LogP contribution in [0.4, 0.5) is 0 Å². The van der Waals surface area contributed by atoms with Crippen molar-refractivity contribution in [2.75, 3.05) is 21.3 Å². The first-order valence-corrected chi connectivity index (χ1v) is 8.97. The number of methoxy groups -OCH3 is 3. The summed E-state index contributed by atoms with van der Waals surface area (Å²) in [6.45, 7) is 0. The highest BCUT2D eigenvalue weighted by Crippen LogP contribution is 2.38. The van der Waals surface area contributed by atoms with E-state index in [2.05, 4.69) is 4.98 Å². The number of carbonyl (C=O) groups excluding carboxylic acids is 1. The SMILES string of the molecule is COc1cc(C(=O)n2c(=S)[nH]c3c(Cl)cc(Cl)cc3c2=O)cc(OC)c1OC. The van der Waals surface area contributed by atoms with E-state index < -0.39 is 11.5 Å². The molecular formula is C18H14Cl2N2O5S. The zero-order valence-corrected chi connectivity index (χ0v) is 17.3. The van der Waals surface area contributed by atoms with Crippen LogP contribution in [0.5, 0.6) is 17.2 Å². The van der Waals surface area contributed by atoms with E-state index in [0.29, 0.717) is 11.3 Å². The number of ether oxygens (including phenoxy) is 3. The van der Waals surface area contributed by atoms with Gasteiger partial charge < -0.3 is 19.2 Å². The second-order valence-corrected chi connectivity index (χ2v) is 6.83. The van der Waals surface area contributed by atoms with Crippen LogP contribution in [-0.2, 0) is 0 Å². The number of nitrogens with one attached hydrogen (secondary N) is 1. The third kappa shape index (κ3) is 3.34. The van der Waals surface area contributed by atoms with E-state index in [1.165, 1.54) is 45.6 Å². The minimum atomic E-state index is -0.677. The first-order valence-electron chi connectivity index (χ1n) is 7.81. The first kappa shape index (κ1) is 20.2. The number of nitrogens with zero attached hydrogens (tertiary/aromatic N) is 1. The molecule has 0 fully saturated rings. The molecule has 0 aliphatic heterocycles. The Bertz CT molecular complexity index is 1190. The number of benzene rings is 2. The van der Waals surface area contributed by atoms with E-state index >= 15 is 0 Å². The Morgan fingerprint density at radius 1 is 1.04 bits per heavy atom. The van der Waals surface area contributed by atoms with Gasteiger partial charge in [-0.25, -0.2) is 4.57 Å². The predicted molar refractivity (Wildman–Crippen MR) is 109 cm³/mol. The summed E-state index contributed by atoms with van der Waals surface area (Å²) >= 11 is 17.3. The summed E-state index contributed by atoms with van der Waals surface area (Å²) in [5.41, 5.74) is -0.236. The van der Waals surface area contributed by atoms with Gasteiger partial charge in [-0.1, -0.05) is 23.2 Å². The Morgan fingerprint density at radius 2 is 1.64 bits per heavy atom. The molecule has 0 atom stereocenters. The molecule has 0 saturated carbocycles. The summed E-state index contributed by atoms with van der Waals surface area (Å²) < 4.78 is 16.5. The van der Waals surface area contributed by atoms with Gasteiger partial charge in [0.25, 0.3) is 11.5 Å². The van der Waals surface area contributed by atoms with Gasteiger partial charge in [-0.05, 0) is 36.5 Å². The van der Waals surface area contributed by atoms with Crippen molar-refractivity contribution < 1.29 is 19.0 Å². The fourth-order valence-electron chi connectivity index (χ4n) is 2.76. The number of halogens is 2. The average molecular weight is 441 g/mol. The lowest BCUT2D eigenvalue weighted by Gasteiger charge is -2.14. The van der Waals surface area contributed by atoms with Gasteiger partial charge in [-0.3, -0.25) is 9.59 Å². The van der Waals surface area contributed by atoms with Crippen LogP contribution in [0.15, 0.2) is 29.1 Å². The highest BCUT2D eigenvalue weighted by atomic mass is 35.5. The fraction of sp³-hybridized carbons (Fsp3) is 0.167. The summed E-state index contributed by atoms with van der Waals surface area (Å²) in [6, 6.07) is 5.75. The van der Waals surface area contributed by atoms with Gasteiger partial charge in [0, 0.05) is 10.6 Å². The van der Waals surface area contributed by atoms with E-state index in [9.17, 15) is 9.59 Å². The molecule has 0 aliphatic carbocycles. The van der Waals surface area contributed by atoms with Crippen molar-refractivity contribution in [3.05, 3.63) is 55.0 Å². The standard InChI is InChI=1S/C18H14Cl2N2O5S/c1-25-12-4-8(5-13(26-2)15(12)27-3)16(23)22-17(24)10-6-9(19)7-11(20)14(10)21-18(22)28/h4-7H,1-3H3,(H,21,28). The monoisotopic (exact) mass is 440 g/mol. The molecule has 3 aromatic rings. The van der Waals surface area contributed by atoms with Gasteiger partial charge in [0.1, 0.15) is 0 Å². The minimum Gasteiger partial charge on any atom is -0.493 e. The molecule has 0 bridgehead atoms. The van der Waals surface area contributed by atoms with Gasteiger partial charge in [-0.15, -0.1) is 0 Å². The molecule has 1 heterocycles.